The summed E-state index contributed by atoms with van der Waals surface area (Å²) in [6.07, 6.45) is 1.95. The highest BCUT2D eigenvalue weighted by Gasteiger charge is 2.38. The Bertz CT molecular complexity index is 263. The van der Waals surface area contributed by atoms with E-state index in [-0.39, 0.29) is 6.42 Å². The van der Waals surface area contributed by atoms with E-state index in [1.54, 1.807) is 0 Å². The van der Waals surface area contributed by atoms with E-state index in [0.717, 1.165) is 0 Å². The van der Waals surface area contributed by atoms with Crippen molar-refractivity contribution in [2.75, 3.05) is 11.8 Å². The molecule has 0 bridgehead atoms. The lowest BCUT2D eigenvalue weighted by atomic mass is 9.90. The molecular weight excluding hydrogens is 345 g/mol. The molecule has 4 nitrogen and oxygen atoms in total. The highest BCUT2D eigenvalue weighted by molar-refractivity contribution is 7.46. The maximum Gasteiger partial charge on any atom is 0.470 e. The van der Waals surface area contributed by atoms with Crippen LogP contribution in [0.1, 0.15) is 32.1 Å². The molecule has 0 saturated heterocycles. The third kappa shape index (κ3) is 9.22. The van der Waals surface area contributed by atoms with Crippen molar-refractivity contribution in [1.29, 1.82) is 0 Å². The van der Waals surface area contributed by atoms with Crippen molar-refractivity contribution < 1.29 is 18.9 Å². The maximum atomic E-state index is 11.1. The standard InChI is InChI=1S/C9H17Cl4O4P/c10-5-1-3-9(4-2-6-11,7-8(12)13)17-18(14,15)16/h8H,1-7H2,(H2,14,15,16). The molecule has 0 heterocycles. The van der Waals surface area contributed by atoms with E-state index in [1.807, 2.05) is 0 Å². The van der Waals surface area contributed by atoms with Crippen LogP contribution in [0.5, 0.6) is 0 Å². The minimum absolute atomic E-state index is 0.120. The fourth-order valence-corrected chi connectivity index (χ4v) is 3.36. The summed E-state index contributed by atoms with van der Waals surface area (Å²) in [6.45, 7) is 0. The van der Waals surface area contributed by atoms with Crippen LogP contribution in [-0.2, 0) is 9.09 Å². The van der Waals surface area contributed by atoms with Gasteiger partial charge in [-0.2, -0.15) is 0 Å². The van der Waals surface area contributed by atoms with Crippen LogP contribution in [0.15, 0.2) is 0 Å². The molecule has 110 valence electrons. The van der Waals surface area contributed by atoms with Gasteiger partial charge in [0.25, 0.3) is 0 Å². The van der Waals surface area contributed by atoms with Crippen molar-refractivity contribution in [2.24, 2.45) is 0 Å². The normalized spacial score (nSPS) is 13.3. The van der Waals surface area contributed by atoms with Crippen LogP contribution in [0.2, 0.25) is 0 Å². The molecule has 0 aliphatic rings. The van der Waals surface area contributed by atoms with Crippen molar-refractivity contribution in [2.45, 2.75) is 42.5 Å². The molecule has 0 amide bonds. The van der Waals surface area contributed by atoms with Gasteiger partial charge in [0.05, 0.1) is 5.60 Å². The molecule has 0 unspecified atom stereocenters. The van der Waals surface area contributed by atoms with Crippen LogP contribution in [-0.4, -0.2) is 32.0 Å². The Kier molecular flexibility index (Phi) is 9.90. The van der Waals surface area contributed by atoms with Crippen LogP contribution in [0.3, 0.4) is 0 Å². The van der Waals surface area contributed by atoms with Crippen molar-refractivity contribution in [3.63, 3.8) is 0 Å². The van der Waals surface area contributed by atoms with Crippen LogP contribution >= 0.6 is 54.2 Å². The fraction of sp³-hybridized carbons (Fsp3) is 1.00. The van der Waals surface area contributed by atoms with Gasteiger partial charge in [0.1, 0.15) is 4.84 Å². The van der Waals surface area contributed by atoms with Gasteiger partial charge in [-0.1, -0.05) is 0 Å². The summed E-state index contributed by atoms with van der Waals surface area (Å²) in [5.74, 6) is 0.727. The molecule has 0 aliphatic carbocycles. The average molecular weight is 362 g/mol. The summed E-state index contributed by atoms with van der Waals surface area (Å²) in [5, 5.41) is 0. The lowest BCUT2D eigenvalue weighted by Crippen LogP contribution is -2.34. The Labute approximate surface area is 127 Å². The molecule has 0 atom stereocenters. The molecule has 2 N–H and O–H groups in total. The summed E-state index contributed by atoms with van der Waals surface area (Å²) in [6, 6.07) is 0. The summed E-state index contributed by atoms with van der Waals surface area (Å²) < 4.78 is 16.0. The Morgan fingerprint density at radius 2 is 1.56 bits per heavy atom. The van der Waals surface area contributed by atoms with Gasteiger partial charge in [-0.05, 0) is 25.7 Å². The molecular formula is C9H17Cl4O4P. The SMILES string of the molecule is O=P(O)(O)OC(CCCCl)(CCCCl)CC(Cl)Cl. The molecule has 0 aromatic heterocycles. The molecule has 9 heteroatoms. The maximum absolute atomic E-state index is 11.1. The Hall–Kier alpha value is 1.27. The zero-order chi connectivity index (χ0) is 14.2. The van der Waals surface area contributed by atoms with Gasteiger partial charge >= 0.3 is 7.82 Å². The molecule has 0 fully saturated rings. The van der Waals surface area contributed by atoms with E-state index in [4.69, 9.17) is 60.7 Å². The monoisotopic (exact) mass is 360 g/mol. The lowest BCUT2D eigenvalue weighted by molar-refractivity contribution is 0.0136. The van der Waals surface area contributed by atoms with Crippen molar-refractivity contribution >= 4 is 54.2 Å². The molecule has 0 radical (unpaired) electrons. The topological polar surface area (TPSA) is 66.8 Å². The lowest BCUT2D eigenvalue weighted by Gasteiger charge is -2.34. The zero-order valence-corrected chi connectivity index (χ0v) is 13.6. The third-order valence-corrected chi connectivity index (χ3v) is 3.84. The van der Waals surface area contributed by atoms with Gasteiger partial charge in [-0.25, -0.2) is 4.57 Å². The van der Waals surface area contributed by atoms with Crippen LogP contribution in [0.25, 0.3) is 0 Å². The number of hydrogen-bond acceptors (Lipinski definition) is 2. The van der Waals surface area contributed by atoms with Gasteiger partial charge in [0.15, 0.2) is 0 Å². The second kappa shape index (κ2) is 9.25. The van der Waals surface area contributed by atoms with E-state index in [2.05, 4.69) is 0 Å². The number of alkyl halides is 4. The molecule has 0 aromatic rings. The first-order valence-corrected chi connectivity index (χ1v) is 8.88. The van der Waals surface area contributed by atoms with E-state index in [0.29, 0.717) is 37.4 Å². The smallest absolute Gasteiger partial charge is 0.303 e. The molecule has 0 aromatic carbocycles. The zero-order valence-electron chi connectivity index (χ0n) is 9.70. The Morgan fingerprint density at radius 3 is 1.83 bits per heavy atom. The van der Waals surface area contributed by atoms with Gasteiger partial charge < -0.3 is 9.79 Å². The summed E-state index contributed by atoms with van der Waals surface area (Å²) in [5.41, 5.74) is -1.09. The van der Waals surface area contributed by atoms with Crippen LogP contribution in [0, 0.1) is 0 Å². The third-order valence-electron chi connectivity index (χ3n) is 2.37. The van der Waals surface area contributed by atoms with E-state index in [1.165, 1.54) is 0 Å². The van der Waals surface area contributed by atoms with Crippen LogP contribution < -0.4 is 0 Å². The number of halogens is 4. The van der Waals surface area contributed by atoms with Gasteiger partial charge in [0.2, 0.25) is 0 Å². The molecule has 0 aliphatic heterocycles. The first kappa shape index (κ1) is 19.3. The second-order valence-corrected chi connectivity index (χ2v) is 7.14. The van der Waals surface area contributed by atoms with Crippen LogP contribution in [0.4, 0.5) is 0 Å². The minimum atomic E-state index is -4.63. The minimum Gasteiger partial charge on any atom is -0.303 e. The highest BCUT2D eigenvalue weighted by Crippen LogP contribution is 2.47. The number of hydrogen-bond donors (Lipinski definition) is 2. The number of phosphoric acid groups is 1. The first-order chi connectivity index (χ1) is 8.24. The van der Waals surface area contributed by atoms with E-state index < -0.39 is 18.3 Å². The van der Waals surface area contributed by atoms with Gasteiger partial charge in [-0.3, -0.25) is 4.52 Å². The summed E-state index contributed by atoms with van der Waals surface area (Å²) in [7, 11) is -4.63. The number of phosphoric ester groups is 1. The van der Waals surface area contributed by atoms with Gasteiger partial charge in [-0.15, -0.1) is 46.4 Å². The predicted molar refractivity (Wildman–Crippen MR) is 75.9 cm³/mol. The highest BCUT2D eigenvalue weighted by atomic mass is 35.5. The number of rotatable bonds is 10. The first-order valence-electron chi connectivity index (χ1n) is 5.41. The molecule has 0 saturated carbocycles. The van der Waals surface area contributed by atoms with Gasteiger partial charge in [0, 0.05) is 18.2 Å². The Balaban J connectivity index is 4.91. The average Bonchev–Trinajstić information content (AvgIpc) is 2.20. The largest absolute Gasteiger partial charge is 0.470 e. The molecule has 18 heavy (non-hydrogen) atoms. The second-order valence-electron chi connectivity index (χ2n) is 3.95. The van der Waals surface area contributed by atoms with Crippen molar-refractivity contribution in [3.05, 3.63) is 0 Å². The molecule has 0 rings (SSSR count). The quantitative estimate of drug-likeness (QED) is 0.454. The van der Waals surface area contributed by atoms with Crippen molar-refractivity contribution in [1.82, 2.24) is 0 Å². The van der Waals surface area contributed by atoms with E-state index >= 15 is 0 Å². The fourth-order valence-electron chi connectivity index (χ4n) is 1.77. The molecule has 0 spiro atoms. The van der Waals surface area contributed by atoms with Crippen molar-refractivity contribution in [3.8, 4) is 0 Å². The summed E-state index contributed by atoms with van der Waals surface area (Å²) >= 11 is 22.6. The summed E-state index contributed by atoms with van der Waals surface area (Å²) in [4.78, 5) is 17.2. The predicted octanol–water partition coefficient (Wildman–Crippen LogP) is 4.07. The van der Waals surface area contributed by atoms with E-state index in [9.17, 15) is 4.57 Å². The Morgan fingerprint density at radius 1 is 1.11 bits per heavy atom.